The highest BCUT2D eigenvalue weighted by Gasteiger charge is 2.13. The number of anilines is 1. The first kappa shape index (κ1) is 12.1. The number of imidazole rings is 1. The number of benzene rings is 1. The molecular weight excluding hydrogens is 258 g/mol. The van der Waals surface area contributed by atoms with Gasteiger partial charge in [-0.25, -0.2) is 4.98 Å². The highest BCUT2D eigenvalue weighted by atomic mass is 35.5. The lowest BCUT2D eigenvalue weighted by molar-refractivity contribution is 1.20. The van der Waals surface area contributed by atoms with E-state index in [1.165, 1.54) is 11.1 Å². The van der Waals surface area contributed by atoms with Crippen LogP contribution < -0.4 is 5.73 Å². The van der Waals surface area contributed by atoms with Gasteiger partial charge in [-0.3, -0.25) is 4.40 Å². The molecule has 1 aromatic carbocycles. The molecule has 3 rings (SSSR count). The first-order valence-corrected chi connectivity index (χ1v) is 6.45. The molecule has 0 saturated carbocycles. The minimum absolute atomic E-state index is 0.617. The van der Waals surface area contributed by atoms with Crippen LogP contribution >= 0.6 is 11.6 Å². The predicted octanol–water partition coefficient (Wildman–Crippen LogP) is 3.85. The van der Waals surface area contributed by atoms with E-state index in [9.17, 15) is 0 Å². The van der Waals surface area contributed by atoms with Crippen molar-refractivity contribution >= 4 is 23.1 Å². The van der Waals surface area contributed by atoms with Crippen LogP contribution in [0, 0.1) is 13.8 Å². The lowest BCUT2D eigenvalue weighted by Gasteiger charge is -2.06. The number of rotatable bonds is 1. The van der Waals surface area contributed by atoms with E-state index >= 15 is 0 Å². The third-order valence-corrected chi connectivity index (χ3v) is 3.70. The van der Waals surface area contributed by atoms with Crippen molar-refractivity contribution in [1.29, 1.82) is 0 Å². The molecule has 0 amide bonds. The second kappa shape index (κ2) is 4.28. The number of pyridine rings is 1. The highest BCUT2D eigenvalue weighted by Crippen LogP contribution is 2.30. The average Bonchev–Trinajstić information content (AvgIpc) is 2.70. The van der Waals surface area contributed by atoms with Crippen LogP contribution in [0.1, 0.15) is 11.1 Å². The summed E-state index contributed by atoms with van der Waals surface area (Å²) in [6, 6.07) is 9.83. The molecule has 0 aliphatic carbocycles. The Hall–Kier alpha value is -2.00. The van der Waals surface area contributed by atoms with Crippen molar-refractivity contribution in [3.05, 3.63) is 52.7 Å². The fraction of sp³-hybridized carbons (Fsp3) is 0.133. The number of nitrogens with zero attached hydrogens (tertiary/aromatic N) is 2. The topological polar surface area (TPSA) is 43.3 Å². The minimum Gasteiger partial charge on any atom is -0.383 e. The number of hydrogen-bond donors (Lipinski definition) is 1. The summed E-state index contributed by atoms with van der Waals surface area (Å²) < 4.78 is 1.82. The SMILES string of the molecule is Cc1cccc(-c2nc3ccc(Cl)cn3c2N)c1C. The zero-order chi connectivity index (χ0) is 13.6. The number of nitrogens with two attached hydrogens (primary N) is 1. The lowest BCUT2D eigenvalue weighted by Crippen LogP contribution is -1.95. The fourth-order valence-corrected chi connectivity index (χ4v) is 2.40. The molecule has 4 heteroatoms. The normalized spacial score (nSPS) is 11.1. The van der Waals surface area contributed by atoms with Crippen LogP contribution in [-0.4, -0.2) is 9.38 Å². The van der Waals surface area contributed by atoms with E-state index in [0.29, 0.717) is 10.8 Å². The van der Waals surface area contributed by atoms with Crippen molar-refractivity contribution < 1.29 is 0 Å². The number of fused-ring (bicyclic) bond motifs is 1. The number of aromatic nitrogens is 2. The van der Waals surface area contributed by atoms with Gasteiger partial charge in [0.1, 0.15) is 17.2 Å². The summed E-state index contributed by atoms with van der Waals surface area (Å²) in [5.74, 6) is 0.617. The van der Waals surface area contributed by atoms with Crippen molar-refractivity contribution in [3.8, 4) is 11.3 Å². The van der Waals surface area contributed by atoms with Crippen LogP contribution in [-0.2, 0) is 0 Å². The van der Waals surface area contributed by atoms with E-state index in [2.05, 4.69) is 24.9 Å². The number of hydrogen-bond acceptors (Lipinski definition) is 2. The van der Waals surface area contributed by atoms with Crippen molar-refractivity contribution in [3.63, 3.8) is 0 Å². The third-order valence-electron chi connectivity index (χ3n) is 3.48. The van der Waals surface area contributed by atoms with Crippen LogP contribution in [0.25, 0.3) is 16.9 Å². The zero-order valence-electron chi connectivity index (χ0n) is 10.8. The van der Waals surface area contributed by atoms with Gasteiger partial charge in [0.15, 0.2) is 0 Å². The van der Waals surface area contributed by atoms with Crippen molar-refractivity contribution in [2.24, 2.45) is 0 Å². The second-order valence-electron chi connectivity index (χ2n) is 4.67. The summed E-state index contributed by atoms with van der Waals surface area (Å²) in [6.45, 7) is 4.17. The molecule has 0 bridgehead atoms. The van der Waals surface area contributed by atoms with Gasteiger partial charge < -0.3 is 5.73 Å². The summed E-state index contributed by atoms with van der Waals surface area (Å²) >= 11 is 6.00. The first-order valence-electron chi connectivity index (χ1n) is 6.07. The summed E-state index contributed by atoms with van der Waals surface area (Å²) in [5, 5.41) is 0.643. The van der Waals surface area contributed by atoms with Crippen molar-refractivity contribution in [1.82, 2.24) is 9.38 Å². The maximum atomic E-state index is 6.20. The van der Waals surface area contributed by atoms with Gasteiger partial charge in [0.25, 0.3) is 0 Å². The van der Waals surface area contributed by atoms with E-state index in [1.54, 1.807) is 6.20 Å². The molecule has 2 heterocycles. The third kappa shape index (κ3) is 1.87. The lowest BCUT2D eigenvalue weighted by atomic mass is 10.0. The van der Waals surface area contributed by atoms with Crippen molar-refractivity contribution in [2.75, 3.05) is 5.73 Å². The van der Waals surface area contributed by atoms with E-state index < -0.39 is 0 Å². The Morgan fingerprint density at radius 1 is 1.16 bits per heavy atom. The van der Waals surface area contributed by atoms with E-state index in [4.69, 9.17) is 17.3 Å². The Balaban J connectivity index is 2.31. The number of aryl methyl sites for hydroxylation is 1. The van der Waals surface area contributed by atoms with Crippen molar-refractivity contribution in [2.45, 2.75) is 13.8 Å². The van der Waals surface area contributed by atoms with Gasteiger partial charge in [-0.05, 0) is 37.1 Å². The fourth-order valence-electron chi connectivity index (χ4n) is 2.24. The molecule has 0 unspecified atom stereocenters. The zero-order valence-corrected chi connectivity index (χ0v) is 11.6. The smallest absolute Gasteiger partial charge is 0.139 e. The summed E-state index contributed by atoms with van der Waals surface area (Å²) in [4.78, 5) is 4.60. The average molecular weight is 272 g/mol. The number of nitrogen functional groups attached to an aromatic ring is 1. The van der Waals surface area contributed by atoms with E-state index in [-0.39, 0.29) is 0 Å². The maximum Gasteiger partial charge on any atom is 0.139 e. The van der Waals surface area contributed by atoms with Crippen LogP contribution in [0.15, 0.2) is 36.5 Å². The molecule has 96 valence electrons. The molecule has 0 saturated heterocycles. The Kier molecular flexibility index (Phi) is 2.72. The van der Waals surface area contributed by atoms with Gasteiger partial charge in [-0.2, -0.15) is 0 Å². The largest absolute Gasteiger partial charge is 0.383 e. The molecule has 0 aliphatic rings. The Morgan fingerprint density at radius 3 is 2.74 bits per heavy atom. The summed E-state index contributed by atoms with van der Waals surface area (Å²) in [7, 11) is 0. The molecule has 19 heavy (non-hydrogen) atoms. The van der Waals surface area contributed by atoms with Gasteiger partial charge in [0.05, 0.1) is 5.02 Å². The van der Waals surface area contributed by atoms with Gasteiger partial charge in [0, 0.05) is 11.8 Å². The van der Waals surface area contributed by atoms with Gasteiger partial charge >= 0.3 is 0 Å². The van der Waals surface area contributed by atoms with Gasteiger partial charge in [0.2, 0.25) is 0 Å². The summed E-state index contributed by atoms with van der Waals surface area (Å²) in [5.41, 5.74) is 11.3. The van der Waals surface area contributed by atoms with Crippen LogP contribution in [0.3, 0.4) is 0 Å². The molecular formula is C15H14ClN3. The monoisotopic (exact) mass is 271 g/mol. The molecule has 0 atom stereocenters. The minimum atomic E-state index is 0.617. The molecule has 2 aromatic heterocycles. The van der Waals surface area contributed by atoms with Gasteiger partial charge in [-0.15, -0.1) is 0 Å². The van der Waals surface area contributed by atoms with Gasteiger partial charge in [-0.1, -0.05) is 29.8 Å². The number of halogens is 1. The Labute approximate surface area is 116 Å². The Morgan fingerprint density at radius 2 is 1.95 bits per heavy atom. The molecule has 0 aliphatic heterocycles. The van der Waals surface area contributed by atoms with E-state index in [0.717, 1.165) is 16.9 Å². The molecule has 3 nitrogen and oxygen atoms in total. The molecule has 0 radical (unpaired) electrons. The standard InChI is InChI=1S/C15H14ClN3/c1-9-4-3-5-12(10(9)2)14-15(17)19-8-11(16)6-7-13(19)18-14/h3-8H,17H2,1-2H3. The summed E-state index contributed by atoms with van der Waals surface area (Å²) in [6.07, 6.45) is 1.79. The Bertz CT molecular complexity index is 774. The first-order chi connectivity index (χ1) is 9.08. The maximum absolute atomic E-state index is 6.20. The second-order valence-corrected chi connectivity index (χ2v) is 5.11. The highest BCUT2D eigenvalue weighted by molar-refractivity contribution is 6.30. The molecule has 2 N–H and O–H groups in total. The van der Waals surface area contributed by atoms with E-state index in [1.807, 2.05) is 28.7 Å². The molecule has 0 spiro atoms. The predicted molar refractivity (Wildman–Crippen MR) is 79.5 cm³/mol. The molecule has 0 fully saturated rings. The quantitative estimate of drug-likeness (QED) is 0.730. The van der Waals surface area contributed by atoms with Crippen LogP contribution in [0.2, 0.25) is 5.02 Å². The van der Waals surface area contributed by atoms with Crippen LogP contribution in [0.4, 0.5) is 5.82 Å². The van der Waals surface area contributed by atoms with Crippen LogP contribution in [0.5, 0.6) is 0 Å². The molecule has 3 aromatic rings.